The van der Waals surface area contributed by atoms with Crippen molar-refractivity contribution in [2.45, 2.75) is 26.7 Å². The van der Waals surface area contributed by atoms with Gasteiger partial charge in [-0.2, -0.15) is 0 Å². The van der Waals surface area contributed by atoms with Crippen molar-refractivity contribution < 1.29 is 36.0 Å². The van der Waals surface area contributed by atoms with Gasteiger partial charge in [0.2, 0.25) is 5.36 Å². The summed E-state index contributed by atoms with van der Waals surface area (Å²) in [6.07, 6.45) is 0.0681. The Morgan fingerprint density at radius 1 is 0.949 bits per heavy atom. The fraction of sp³-hybridized carbons (Fsp3) is 0.267. The molecule has 39 heavy (non-hydrogen) atoms. The second-order valence-corrected chi connectivity index (χ2v) is 9.41. The van der Waals surface area contributed by atoms with Gasteiger partial charge in [-0.25, -0.2) is 9.37 Å². The Morgan fingerprint density at radius 3 is 2.31 bits per heavy atom. The first-order chi connectivity index (χ1) is 18.3. The van der Waals surface area contributed by atoms with Gasteiger partial charge in [-0.15, -0.1) is 5.06 Å². The summed E-state index contributed by atoms with van der Waals surface area (Å²) >= 11 is 0. The third-order valence-electron chi connectivity index (χ3n) is 6.93. The minimum atomic E-state index is -0.768. The molecule has 2 aliphatic heterocycles. The molecule has 0 saturated carbocycles. The Hall–Kier alpha value is -4.17. The summed E-state index contributed by atoms with van der Waals surface area (Å²) in [4.78, 5) is 45.0. The van der Waals surface area contributed by atoms with Crippen molar-refractivity contribution in [3.63, 3.8) is 0 Å². The topological polar surface area (TPSA) is 83.1 Å². The number of benzene rings is 3. The van der Waals surface area contributed by atoms with Crippen LogP contribution in [0.4, 0.5) is 5.69 Å². The Bertz CT molecular complexity index is 1600. The van der Waals surface area contributed by atoms with Gasteiger partial charge in [0.1, 0.15) is 25.4 Å². The summed E-state index contributed by atoms with van der Waals surface area (Å²) in [5.74, 6) is -1.13. The zero-order valence-electron chi connectivity index (χ0n) is 22.4. The number of fused-ring (bicyclic) bond motifs is 2. The summed E-state index contributed by atoms with van der Waals surface area (Å²) in [6.45, 7) is 5.93. The molecule has 2 amide bonds. The van der Waals surface area contributed by atoms with Crippen LogP contribution in [0.1, 0.15) is 37.0 Å². The van der Waals surface area contributed by atoms with E-state index in [1.165, 1.54) is 0 Å². The molecule has 0 bridgehead atoms. The molecule has 2 aromatic rings. The number of nitrogens with zero attached hydrogens (tertiary/aromatic N) is 3. The second-order valence-electron chi connectivity index (χ2n) is 9.41. The van der Waals surface area contributed by atoms with Gasteiger partial charge in [-0.3, -0.25) is 9.59 Å². The van der Waals surface area contributed by atoms with Crippen LogP contribution in [-0.4, -0.2) is 50.0 Å². The van der Waals surface area contributed by atoms with Gasteiger partial charge in [0.05, 0.1) is 11.6 Å². The molecular weight excluding hydrogens is 518 g/mol. The molecule has 9 heteroatoms. The Morgan fingerprint density at radius 2 is 1.64 bits per heavy atom. The second kappa shape index (κ2) is 11.3. The van der Waals surface area contributed by atoms with E-state index in [-0.39, 0.29) is 30.8 Å². The molecule has 2 aromatic carbocycles. The standard InChI is InChI=1S/C30H30N3O5.ClH/c1-5-32(6-2)20-12-14-24-26(18-20)37-25-17-19(31(3)4)11-13-23(25)29(24)21-9-7-8-10-22(21)30(36)38-33-27(34)15-16-28(33)35;/h7-14,17-18H,5-6,15-16H2,1-4H3;1H/q+1;/p-1. The molecular formula is C30H30ClN3O5. The van der Waals surface area contributed by atoms with Crippen LogP contribution in [0.25, 0.3) is 33.4 Å². The van der Waals surface area contributed by atoms with Crippen molar-refractivity contribution in [1.82, 2.24) is 9.64 Å². The lowest BCUT2D eigenvalue weighted by Crippen LogP contribution is -3.00. The molecule has 1 aliphatic carbocycles. The Labute approximate surface area is 232 Å². The lowest BCUT2D eigenvalue weighted by atomic mass is 9.90. The minimum absolute atomic E-state index is 0. The highest BCUT2D eigenvalue weighted by Crippen LogP contribution is 2.42. The van der Waals surface area contributed by atoms with Gasteiger partial charge >= 0.3 is 5.97 Å². The highest BCUT2D eigenvalue weighted by atomic mass is 35.5. The quantitative estimate of drug-likeness (QED) is 0.206. The number of amides is 2. The summed E-state index contributed by atoms with van der Waals surface area (Å²) in [5.41, 5.74) is 4.23. The third-order valence-corrected chi connectivity index (χ3v) is 6.93. The summed E-state index contributed by atoms with van der Waals surface area (Å²) in [5, 5.41) is 2.39. The number of rotatable bonds is 6. The molecule has 0 atom stereocenters. The van der Waals surface area contributed by atoms with Gasteiger partial charge in [0.15, 0.2) is 0 Å². The van der Waals surface area contributed by atoms with E-state index in [0.717, 1.165) is 40.6 Å². The number of halogens is 1. The zero-order valence-corrected chi connectivity index (χ0v) is 23.1. The molecule has 0 N–H and O–H groups in total. The molecule has 0 radical (unpaired) electrons. The lowest BCUT2D eigenvalue weighted by Gasteiger charge is -2.22. The van der Waals surface area contributed by atoms with Crippen LogP contribution in [0.3, 0.4) is 0 Å². The normalized spacial score (nSPS) is 13.1. The van der Waals surface area contributed by atoms with Crippen LogP contribution >= 0.6 is 0 Å². The van der Waals surface area contributed by atoms with E-state index >= 15 is 0 Å². The SMILES string of the molecule is CCN(CC)c1ccc2c(-c3ccccc3C(=O)ON3C(=O)CCC3=O)c3ccc(=[N+](C)C)cc-3oc2c1.[Cl-]. The van der Waals surface area contributed by atoms with Crippen molar-refractivity contribution in [2.75, 3.05) is 32.1 Å². The van der Waals surface area contributed by atoms with Crippen molar-refractivity contribution >= 4 is 34.4 Å². The van der Waals surface area contributed by atoms with Crippen molar-refractivity contribution in [3.05, 3.63) is 71.6 Å². The van der Waals surface area contributed by atoms with Crippen LogP contribution in [-0.2, 0) is 14.4 Å². The molecule has 8 nitrogen and oxygen atoms in total. The molecule has 5 rings (SSSR count). The first-order valence-corrected chi connectivity index (χ1v) is 12.8. The third kappa shape index (κ3) is 5.12. The maximum Gasteiger partial charge on any atom is 0.364 e. The first-order valence-electron chi connectivity index (χ1n) is 12.8. The number of carbonyl (C=O) groups excluding carboxylic acids is 3. The zero-order chi connectivity index (χ0) is 27.0. The van der Waals surface area contributed by atoms with Gasteiger partial charge in [0.25, 0.3) is 11.8 Å². The Balaban J connectivity index is 0.00000353. The minimum Gasteiger partial charge on any atom is -1.00 e. The van der Waals surface area contributed by atoms with Gasteiger partial charge in [-0.1, -0.05) is 18.2 Å². The molecule has 1 saturated heterocycles. The van der Waals surface area contributed by atoms with Crippen molar-refractivity contribution in [3.8, 4) is 22.5 Å². The van der Waals surface area contributed by atoms with E-state index in [2.05, 4.69) is 24.8 Å². The molecule has 3 aliphatic rings. The van der Waals surface area contributed by atoms with Crippen LogP contribution in [0.5, 0.6) is 0 Å². The van der Waals surface area contributed by atoms with E-state index < -0.39 is 17.8 Å². The van der Waals surface area contributed by atoms with Crippen molar-refractivity contribution in [1.29, 1.82) is 0 Å². The van der Waals surface area contributed by atoms with Gasteiger partial charge in [0, 0.05) is 60.3 Å². The molecule has 2 heterocycles. The highest BCUT2D eigenvalue weighted by molar-refractivity contribution is 6.09. The van der Waals surface area contributed by atoms with Gasteiger partial charge < -0.3 is 26.6 Å². The highest BCUT2D eigenvalue weighted by Gasteiger charge is 2.34. The van der Waals surface area contributed by atoms with E-state index in [0.29, 0.717) is 22.0 Å². The first kappa shape index (κ1) is 27.9. The molecule has 0 spiro atoms. The number of hydrogen-bond acceptors (Lipinski definition) is 6. The Kier molecular flexibility index (Phi) is 8.06. The molecule has 0 aromatic heterocycles. The van der Waals surface area contributed by atoms with Crippen LogP contribution in [0.15, 0.2) is 65.1 Å². The van der Waals surface area contributed by atoms with Crippen molar-refractivity contribution in [2.24, 2.45) is 0 Å². The lowest BCUT2D eigenvalue weighted by molar-refractivity contribution is -0.172. The van der Waals surface area contributed by atoms with Crippen LogP contribution in [0, 0.1) is 0 Å². The van der Waals surface area contributed by atoms with E-state index in [9.17, 15) is 14.4 Å². The fourth-order valence-corrected chi connectivity index (χ4v) is 4.89. The summed E-state index contributed by atoms with van der Waals surface area (Å²) in [7, 11) is 3.93. The summed E-state index contributed by atoms with van der Waals surface area (Å²) in [6, 6.07) is 19.1. The summed E-state index contributed by atoms with van der Waals surface area (Å²) < 4.78 is 8.45. The average molecular weight is 548 g/mol. The molecule has 0 unspecified atom stereocenters. The number of hydrogen-bond donors (Lipinski definition) is 0. The average Bonchev–Trinajstić information content (AvgIpc) is 3.24. The molecule has 1 fully saturated rings. The number of imide groups is 1. The maximum absolute atomic E-state index is 13.3. The largest absolute Gasteiger partial charge is 1.00 e. The van der Waals surface area contributed by atoms with Crippen LogP contribution in [0.2, 0.25) is 0 Å². The number of anilines is 1. The van der Waals surface area contributed by atoms with E-state index in [1.807, 2.05) is 61.1 Å². The smallest absolute Gasteiger partial charge is 0.364 e. The number of carbonyl (C=O) groups is 3. The molecule has 202 valence electrons. The predicted octanol–water partition coefficient (Wildman–Crippen LogP) is 1.31. The van der Waals surface area contributed by atoms with E-state index in [4.69, 9.17) is 9.25 Å². The monoisotopic (exact) mass is 547 g/mol. The number of hydroxylamine groups is 2. The van der Waals surface area contributed by atoms with Gasteiger partial charge in [-0.05, 0) is 43.7 Å². The van der Waals surface area contributed by atoms with Crippen LogP contribution < -0.4 is 27.2 Å². The fourth-order valence-electron chi connectivity index (χ4n) is 4.89. The predicted molar refractivity (Wildman–Crippen MR) is 145 cm³/mol. The van der Waals surface area contributed by atoms with E-state index in [1.54, 1.807) is 12.1 Å². The maximum atomic E-state index is 13.3.